The van der Waals surface area contributed by atoms with Crippen molar-refractivity contribution >= 4 is 66.1 Å². The summed E-state index contributed by atoms with van der Waals surface area (Å²) in [6, 6.07) is 21.7. The normalized spacial score (nSPS) is 10.4. The molecule has 0 bridgehead atoms. The molecule has 8 rings (SSSR count). The fourth-order valence-electron chi connectivity index (χ4n) is 7.54. The second kappa shape index (κ2) is 26.3. The molecule has 8 aromatic rings. The van der Waals surface area contributed by atoms with Crippen LogP contribution in [0.15, 0.2) is 115 Å². The third-order valence-electron chi connectivity index (χ3n) is 10.5. The number of terminal acetylenes is 1. The third-order valence-corrected chi connectivity index (χ3v) is 11.6. The van der Waals surface area contributed by atoms with Crippen molar-refractivity contribution < 1.29 is 49.4 Å². The van der Waals surface area contributed by atoms with Gasteiger partial charge in [0.15, 0.2) is 0 Å². The number of aromatic nitrogens is 6. The zero-order chi connectivity index (χ0) is 53.7. The van der Waals surface area contributed by atoms with Crippen molar-refractivity contribution in [1.82, 2.24) is 38.5 Å². The molecule has 0 unspecified atom stereocenters. The Balaban J connectivity index is 0.000000285. The molecule has 0 saturated heterocycles. The van der Waals surface area contributed by atoms with Crippen LogP contribution in [0.1, 0.15) is 46.5 Å². The molecule has 3 N–H and O–H groups in total. The monoisotopic (exact) mass is 1090 g/mol. The summed E-state index contributed by atoms with van der Waals surface area (Å²) in [5, 5.41) is 0.932. The Labute approximate surface area is 443 Å². The van der Waals surface area contributed by atoms with Crippen LogP contribution >= 0.6 is 12.4 Å². The minimum Gasteiger partial charge on any atom is -0.481 e. The zero-order valence-electron chi connectivity index (χ0n) is 40.7. The molecule has 6 heterocycles. The summed E-state index contributed by atoms with van der Waals surface area (Å²) in [7, 11) is -3.55. The lowest BCUT2D eigenvalue weighted by Gasteiger charge is -2.13. The largest absolute Gasteiger partial charge is 0.481 e. The Hall–Kier alpha value is -9.01. The Kier molecular flexibility index (Phi) is 20.6. The van der Waals surface area contributed by atoms with Gasteiger partial charge in [0.1, 0.15) is 23.0 Å². The molecule has 0 saturated carbocycles. The van der Waals surface area contributed by atoms with Crippen molar-refractivity contribution in [1.29, 1.82) is 0 Å². The number of carbonyl (C=O) groups is 2. The summed E-state index contributed by atoms with van der Waals surface area (Å²) in [6.07, 6.45) is 12.4. The van der Waals surface area contributed by atoms with Gasteiger partial charge in [-0.25, -0.2) is 50.0 Å². The van der Waals surface area contributed by atoms with E-state index in [1.165, 1.54) is 85.6 Å². The average molecular weight is 1100 g/mol. The minimum atomic E-state index is -3.94. The molecule has 0 fully saturated rings. The van der Waals surface area contributed by atoms with Crippen LogP contribution in [0.3, 0.4) is 0 Å². The third kappa shape index (κ3) is 14.2. The van der Waals surface area contributed by atoms with E-state index in [1.54, 1.807) is 61.5 Å². The first kappa shape index (κ1) is 59.6. The number of pyridine rings is 4. The molecule has 0 spiro atoms. The quantitative estimate of drug-likeness (QED) is 0.0991. The highest BCUT2D eigenvalue weighted by Crippen LogP contribution is 2.41. The fourth-order valence-corrected chi connectivity index (χ4v) is 8.41. The number of fused-ring (bicyclic) bond motifs is 2. The van der Waals surface area contributed by atoms with E-state index in [0.29, 0.717) is 38.5 Å². The zero-order valence-corrected chi connectivity index (χ0v) is 43.1. The molecule has 0 atom stereocenters. The molecule has 0 aliphatic rings. The molecule has 6 aromatic heterocycles. The van der Waals surface area contributed by atoms with E-state index >= 15 is 0 Å². The molecule has 0 aliphatic heterocycles. The minimum absolute atomic E-state index is 0. The van der Waals surface area contributed by atoms with E-state index in [2.05, 4.69) is 49.5 Å². The topological polar surface area (TPSA) is 236 Å². The summed E-state index contributed by atoms with van der Waals surface area (Å²) >= 11 is 0. The fraction of sp³-hybridized carbons (Fsp3) is 0.170. The van der Waals surface area contributed by atoms with Crippen LogP contribution in [-0.2, 0) is 33.1 Å². The van der Waals surface area contributed by atoms with Gasteiger partial charge in [-0.05, 0) is 67.0 Å². The van der Waals surface area contributed by atoms with E-state index in [4.69, 9.17) is 20.6 Å². The SMILES string of the molecule is C.C#CC#CC#CC.COc1cc2c(-c3ccc[nH]c3=O)c(C(=O)NS(C)(=O)=O)n(Cc3ccccc3F)c2cn1.COc1cc2c(-c3cccnc3OC)c(C(=O)NS(C)(=O)=O)n(Cc3ccccc3F)c2cn1.Cl. The maximum absolute atomic E-state index is 14.6. The number of nitrogens with one attached hydrogen (secondary N) is 3. The number of hydrogen-bond donors (Lipinski definition) is 3. The number of rotatable bonds is 13. The van der Waals surface area contributed by atoms with Gasteiger partial charge in [-0.1, -0.05) is 49.7 Å². The van der Waals surface area contributed by atoms with Gasteiger partial charge in [0.25, 0.3) is 17.4 Å². The first-order valence-electron chi connectivity index (χ1n) is 21.5. The number of carbonyl (C=O) groups excluding carboxylic acids is 2. The smallest absolute Gasteiger partial charge is 0.282 e. The molecular formula is C53H49ClF2N8O10S2. The van der Waals surface area contributed by atoms with E-state index in [-0.39, 0.29) is 78.6 Å². The van der Waals surface area contributed by atoms with E-state index in [9.17, 15) is 40.0 Å². The number of amides is 2. The highest BCUT2D eigenvalue weighted by atomic mass is 35.5. The lowest BCUT2D eigenvalue weighted by molar-refractivity contribution is 0.0965. The van der Waals surface area contributed by atoms with Crippen molar-refractivity contribution in [2.24, 2.45) is 0 Å². The van der Waals surface area contributed by atoms with Crippen LogP contribution in [-0.4, -0.2) is 91.6 Å². The number of hydrogen-bond acceptors (Lipinski definition) is 13. The predicted octanol–water partition coefficient (Wildman–Crippen LogP) is 6.97. The van der Waals surface area contributed by atoms with Crippen LogP contribution < -0.4 is 29.2 Å². The number of halogens is 3. The van der Waals surface area contributed by atoms with Crippen molar-refractivity contribution in [3.05, 3.63) is 154 Å². The number of H-pyrrole nitrogens is 1. The molecule has 2 aromatic carbocycles. The van der Waals surface area contributed by atoms with Gasteiger partial charge in [0.2, 0.25) is 37.7 Å². The van der Waals surface area contributed by atoms with E-state index in [1.807, 2.05) is 9.44 Å². The van der Waals surface area contributed by atoms with E-state index in [0.717, 1.165) is 12.5 Å². The van der Waals surface area contributed by atoms with Crippen LogP contribution in [0, 0.1) is 47.7 Å². The Morgan fingerprint density at radius 2 is 1.16 bits per heavy atom. The molecule has 76 heavy (non-hydrogen) atoms. The van der Waals surface area contributed by atoms with Crippen molar-refractivity contribution in [3.63, 3.8) is 0 Å². The van der Waals surface area contributed by atoms with Gasteiger partial charge in [0.05, 0.1) is 70.4 Å². The first-order valence-corrected chi connectivity index (χ1v) is 25.3. The lowest BCUT2D eigenvalue weighted by Crippen LogP contribution is -2.32. The van der Waals surface area contributed by atoms with Gasteiger partial charge in [-0.15, -0.1) is 18.8 Å². The Morgan fingerprint density at radius 1 is 0.684 bits per heavy atom. The Bertz CT molecular complexity index is 3930. The molecular weight excluding hydrogens is 1050 g/mol. The molecule has 394 valence electrons. The molecule has 2 amide bonds. The highest BCUT2D eigenvalue weighted by Gasteiger charge is 2.30. The molecule has 23 heteroatoms. The second-order valence-electron chi connectivity index (χ2n) is 15.4. The summed E-state index contributed by atoms with van der Waals surface area (Å²) in [5.74, 6) is 9.88. The van der Waals surface area contributed by atoms with Gasteiger partial charge >= 0.3 is 0 Å². The summed E-state index contributed by atoms with van der Waals surface area (Å²) < 4.78 is 99.5. The predicted molar refractivity (Wildman–Crippen MR) is 288 cm³/mol. The second-order valence-corrected chi connectivity index (χ2v) is 18.9. The average Bonchev–Trinajstić information content (AvgIpc) is 3.86. The molecule has 0 radical (unpaired) electrons. The summed E-state index contributed by atoms with van der Waals surface area (Å²) in [6.45, 7) is 1.53. The maximum atomic E-state index is 14.6. The van der Waals surface area contributed by atoms with Crippen LogP contribution in [0.5, 0.6) is 17.6 Å². The number of sulfonamides is 2. The maximum Gasteiger partial charge on any atom is 0.282 e. The number of methoxy groups -OCH3 is 3. The lowest BCUT2D eigenvalue weighted by atomic mass is 10.0. The van der Waals surface area contributed by atoms with Crippen LogP contribution in [0.4, 0.5) is 8.78 Å². The van der Waals surface area contributed by atoms with Crippen molar-refractivity contribution in [3.8, 4) is 75.9 Å². The van der Waals surface area contributed by atoms with Crippen molar-refractivity contribution in [2.45, 2.75) is 27.4 Å². The van der Waals surface area contributed by atoms with Crippen LogP contribution in [0.25, 0.3) is 44.1 Å². The number of aromatic amines is 1. The first-order chi connectivity index (χ1) is 35.3. The van der Waals surface area contributed by atoms with Gasteiger partial charge < -0.3 is 28.3 Å². The number of nitrogens with zero attached hydrogens (tertiary/aromatic N) is 5. The van der Waals surface area contributed by atoms with Crippen LogP contribution in [0.2, 0.25) is 0 Å². The van der Waals surface area contributed by atoms with Gasteiger partial charge in [-0.2, -0.15) is 0 Å². The van der Waals surface area contributed by atoms with E-state index < -0.39 is 49.1 Å². The summed E-state index contributed by atoms with van der Waals surface area (Å²) in [4.78, 5) is 54.4. The molecule has 0 aliphatic carbocycles. The Morgan fingerprint density at radius 3 is 1.58 bits per heavy atom. The summed E-state index contributed by atoms with van der Waals surface area (Å²) in [5.41, 5.74) is 1.83. The highest BCUT2D eigenvalue weighted by molar-refractivity contribution is 7.89. The number of benzene rings is 2. The molecule has 18 nitrogen and oxygen atoms in total. The van der Waals surface area contributed by atoms with Gasteiger partial charge in [0, 0.05) is 68.7 Å². The number of ether oxygens (including phenoxy) is 3. The standard InChI is InChI=1S/C23H21FN4O5S.C22H19FN4O5S.C7H4.CH4.ClH/c1-32-19-11-16-18(12-26-19)28(13-14-7-4-5-9-17(14)24)21(22(29)27-34(3,30)31)20(16)15-8-6-10-25-23(15)33-2;1-32-18-10-15-17(11-25-18)27(12-13-6-3-4-8-16(13)23)20(22(29)26-33(2,30)31)19(15)14-7-5-9-24-21(14)28;1-3-5-7-6-4-2;;/h4-12H,13H2,1-3H3,(H,27,29);3-11H,12H2,1-2H3,(H,24,28)(H,26,29);1H,2H3;1H4;1H. The van der Waals surface area contributed by atoms with Gasteiger partial charge in [-0.3, -0.25) is 14.4 Å². The van der Waals surface area contributed by atoms with Crippen molar-refractivity contribution in [2.75, 3.05) is 33.8 Å².